The van der Waals surface area contributed by atoms with Crippen molar-refractivity contribution >= 4 is 11.8 Å². The fourth-order valence-corrected chi connectivity index (χ4v) is 3.33. The smallest absolute Gasteiger partial charge is 0.351 e. The van der Waals surface area contributed by atoms with Crippen molar-refractivity contribution in [1.29, 1.82) is 0 Å². The van der Waals surface area contributed by atoms with E-state index in [1.54, 1.807) is 25.1 Å². The third-order valence-electron chi connectivity index (χ3n) is 4.74. The second kappa shape index (κ2) is 7.86. The van der Waals surface area contributed by atoms with Gasteiger partial charge < -0.3 is 18.8 Å². The lowest BCUT2D eigenvalue weighted by molar-refractivity contribution is -0.156. The quantitative estimate of drug-likeness (QED) is 0.575. The van der Waals surface area contributed by atoms with Crippen LogP contribution >= 0.6 is 0 Å². The number of hydrogen-bond acceptors (Lipinski definition) is 5. The highest BCUT2D eigenvalue weighted by molar-refractivity contribution is 5.99. The zero-order valence-electron chi connectivity index (χ0n) is 16.2. The van der Waals surface area contributed by atoms with E-state index in [0.29, 0.717) is 17.1 Å². The molecule has 0 radical (unpaired) electrons. The van der Waals surface area contributed by atoms with Crippen molar-refractivity contribution in [2.24, 2.45) is 0 Å². The first kappa shape index (κ1) is 19.0. The normalized spacial score (nSPS) is 18.2. The fourth-order valence-electron chi connectivity index (χ4n) is 3.33. The Labute approximate surface area is 159 Å². The Morgan fingerprint density at radius 1 is 1.15 bits per heavy atom. The van der Waals surface area contributed by atoms with Gasteiger partial charge in [0.2, 0.25) is 11.9 Å². The fraction of sp³-hybridized carbons (Fsp3) is 0.429. The van der Waals surface area contributed by atoms with E-state index in [9.17, 15) is 9.59 Å². The first-order chi connectivity index (χ1) is 12.9. The number of aromatic nitrogens is 1. The summed E-state index contributed by atoms with van der Waals surface area (Å²) < 4.78 is 18.8. The molecule has 1 aliphatic rings. The lowest BCUT2D eigenvalue weighted by Gasteiger charge is -2.30. The Morgan fingerprint density at radius 2 is 1.81 bits per heavy atom. The van der Waals surface area contributed by atoms with Gasteiger partial charge in [0.05, 0.1) is 0 Å². The van der Waals surface area contributed by atoms with E-state index in [2.05, 4.69) is 11.5 Å². The zero-order valence-corrected chi connectivity index (χ0v) is 16.2. The molecule has 6 nitrogen and oxygen atoms in total. The number of rotatable bonds is 6. The maximum absolute atomic E-state index is 12.5. The van der Waals surface area contributed by atoms with Gasteiger partial charge in [-0.15, -0.1) is 0 Å². The summed E-state index contributed by atoms with van der Waals surface area (Å²) in [5.74, 6) is 0.261. The summed E-state index contributed by atoms with van der Waals surface area (Å²) >= 11 is 0. The van der Waals surface area contributed by atoms with Gasteiger partial charge in [-0.25, -0.2) is 4.79 Å². The van der Waals surface area contributed by atoms with Crippen LogP contribution < -0.4 is 9.47 Å². The van der Waals surface area contributed by atoms with Gasteiger partial charge in [-0.2, -0.15) is 0 Å². The second-order valence-corrected chi connectivity index (χ2v) is 6.78. The topological polar surface area (TPSA) is 66.8 Å². The number of fused-ring (bicyclic) bond motifs is 1. The summed E-state index contributed by atoms with van der Waals surface area (Å²) in [4.78, 5) is 25.0. The second-order valence-electron chi connectivity index (χ2n) is 6.78. The van der Waals surface area contributed by atoms with Crippen LogP contribution in [-0.4, -0.2) is 35.1 Å². The minimum absolute atomic E-state index is 0.219. The lowest BCUT2D eigenvalue weighted by Crippen LogP contribution is -2.44. The molecule has 144 valence electrons. The molecular weight excluding hydrogens is 346 g/mol. The van der Waals surface area contributed by atoms with Crippen molar-refractivity contribution in [2.75, 3.05) is 6.61 Å². The number of ether oxygens (including phenoxy) is 3. The summed E-state index contributed by atoms with van der Waals surface area (Å²) in [5.41, 5.74) is 2.51. The van der Waals surface area contributed by atoms with E-state index < -0.39 is 18.2 Å². The number of esters is 1. The minimum Gasteiger partial charge on any atom is -0.482 e. The highest BCUT2D eigenvalue weighted by Crippen LogP contribution is 2.33. The van der Waals surface area contributed by atoms with Crippen LogP contribution in [0.4, 0.5) is 0 Å². The SMILES string of the molecule is CCCn1c(C)cc(C(=O)COC(=O)C2Oc3ccccc3OC2C)c1C. The summed E-state index contributed by atoms with van der Waals surface area (Å²) in [7, 11) is 0. The van der Waals surface area contributed by atoms with Crippen LogP contribution in [0.1, 0.15) is 42.0 Å². The first-order valence-corrected chi connectivity index (χ1v) is 9.21. The Kier molecular flexibility index (Phi) is 5.54. The monoisotopic (exact) mass is 371 g/mol. The number of ketones is 1. The van der Waals surface area contributed by atoms with E-state index in [4.69, 9.17) is 14.2 Å². The molecule has 3 rings (SSSR count). The van der Waals surface area contributed by atoms with Crippen LogP contribution in [0.25, 0.3) is 0 Å². The van der Waals surface area contributed by atoms with Gasteiger partial charge in [-0.1, -0.05) is 19.1 Å². The van der Waals surface area contributed by atoms with E-state index in [1.807, 2.05) is 26.0 Å². The van der Waals surface area contributed by atoms with Crippen LogP contribution in [-0.2, 0) is 16.1 Å². The van der Waals surface area contributed by atoms with Crippen LogP contribution in [0.5, 0.6) is 11.5 Å². The van der Waals surface area contributed by atoms with Crippen molar-refractivity contribution in [3.63, 3.8) is 0 Å². The lowest BCUT2D eigenvalue weighted by atomic mass is 10.1. The molecule has 0 aliphatic carbocycles. The molecule has 2 aromatic rings. The van der Waals surface area contributed by atoms with Gasteiger partial charge >= 0.3 is 5.97 Å². The summed E-state index contributed by atoms with van der Waals surface area (Å²) in [5, 5.41) is 0. The molecule has 0 fully saturated rings. The maximum atomic E-state index is 12.5. The number of hydrogen-bond donors (Lipinski definition) is 0. The van der Waals surface area contributed by atoms with Crippen LogP contribution in [0.2, 0.25) is 0 Å². The summed E-state index contributed by atoms with van der Waals surface area (Å²) in [6, 6.07) is 9.00. The highest BCUT2D eigenvalue weighted by atomic mass is 16.6. The molecule has 0 amide bonds. The maximum Gasteiger partial charge on any atom is 0.351 e. The van der Waals surface area contributed by atoms with Crippen molar-refractivity contribution < 1.29 is 23.8 Å². The van der Waals surface area contributed by atoms with Crippen molar-refractivity contribution in [3.05, 3.63) is 47.3 Å². The standard InChI is InChI=1S/C21H25NO5/c1-5-10-22-13(2)11-16(14(22)3)17(23)12-25-21(24)20-15(4)26-18-8-6-7-9-19(18)27-20/h6-9,11,15,20H,5,10,12H2,1-4H3. The van der Waals surface area contributed by atoms with Crippen LogP contribution in [0, 0.1) is 13.8 Å². The molecule has 1 aliphatic heterocycles. The van der Waals surface area contributed by atoms with Gasteiger partial charge in [-0.3, -0.25) is 4.79 Å². The Balaban J connectivity index is 1.64. The van der Waals surface area contributed by atoms with Crippen LogP contribution in [0.15, 0.2) is 30.3 Å². The number of carbonyl (C=O) groups excluding carboxylic acids is 2. The molecule has 6 heteroatoms. The third kappa shape index (κ3) is 3.84. The molecule has 2 unspecified atom stereocenters. The first-order valence-electron chi connectivity index (χ1n) is 9.21. The van der Waals surface area contributed by atoms with Crippen molar-refractivity contribution in [2.45, 2.75) is 52.9 Å². The Bertz CT molecular complexity index is 854. The van der Waals surface area contributed by atoms with E-state index in [0.717, 1.165) is 24.4 Å². The van der Waals surface area contributed by atoms with Crippen molar-refractivity contribution in [3.8, 4) is 11.5 Å². The molecule has 0 N–H and O–H groups in total. The molecule has 0 saturated carbocycles. The molecule has 0 saturated heterocycles. The zero-order chi connectivity index (χ0) is 19.6. The number of carbonyl (C=O) groups is 2. The molecule has 0 bridgehead atoms. The molecule has 1 aromatic carbocycles. The molecule has 2 atom stereocenters. The van der Waals surface area contributed by atoms with Gasteiger partial charge in [-0.05, 0) is 45.4 Å². The molecule has 1 aromatic heterocycles. The molecule has 2 heterocycles. The van der Waals surface area contributed by atoms with E-state index in [-0.39, 0.29) is 12.4 Å². The predicted octanol–water partition coefficient (Wildman–Crippen LogP) is 3.47. The summed E-state index contributed by atoms with van der Waals surface area (Å²) in [6.07, 6.45) is -0.422. The Hall–Kier alpha value is -2.76. The molecular formula is C21H25NO5. The van der Waals surface area contributed by atoms with E-state index in [1.165, 1.54) is 0 Å². The van der Waals surface area contributed by atoms with Crippen LogP contribution in [0.3, 0.4) is 0 Å². The highest BCUT2D eigenvalue weighted by Gasteiger charge is 2.35. The number of Topliss-reactive ketones (excluding diaryl/α,β-unsaturated/α-hetero) is 1. The Morgan fingerprint density at radius 3 is 2.48 bits per heavy atom. The summed E-state index contributed by atoms with van der Waals surface area (Å²) in [6.45, 7) is 8.25. The molecule has 0 spiro atoms. The minimum atomic E-state index is -0.903. The number of benzene rings is 1. The van der Waals surface area contributed by atoms with Gasteiger partial charge in [0.1, 0.15) is 6.10 Å². The largest absolute Gasteiger partial charge is 0.482 e. The number of aryl methyl sites for hydroxylation is 1. The number of para-hydroxylation sites is 2. The third-order valence-corrected chi connectivity index (χ3v) is 4.74. The predicted molar refractivity (Wildman–Crippen MR) is 100 cm³/mol. The van der Waals surface area contributed by atoms with Gasteiger partial charge in [0.15, 0.2) is 18.1 Å². The van der Waals surface area contributed by atoms with Crippen molar-refractivity contribution in [1.82, 2.24) is 4.57 Å². The number of nitrogens with zero attached hydrogens (tertiary/aromatic N) is 1. The van der Waals surface area contributed by atoms with Gasteiger partial charge in [0.25, 0.3) is 0 Å². The average Bonchev–Trinajstić information content (AvgIpc) is 2.94. The molecule has 27 heavy (non-hydrogen) atoms. The van der Waals surface area contributed by atoms with E-state index >= 15 is 0 Å². The average molecular weight is 371 g/mol. The van der Waals surface area contributed by atoms with Gasteiger partial charge in [0, 0.05) is 23.5 Å².